The van der Waals surface area contributed by atoms with Gasteiger partial charge in [-0.2, -0.15) is 9.97 Å². The van der Waals surface area contributed by atoms with E-state index >= 15 is 13.2 Å². The van der Waals surface area contributed by atoms with E-state index in [1.807, 2.05) is 0 Å². The molecule has 0 aliphatic carbocycles. The van der Waals surface area contributed by atoms with Crippen LogP contribution in [0.25, 0.3) is 32.9 Å². The van der Waals surface area contributed by atoms with Crippen molar-refractivity contribution >= 4 is 33.4 Å². The number of pyridine rings is 1. The minimum Gasteiger partial charge on any atom is -0.508 e. The van der Waals surface area contributed by atoms with Crippen molar-refractivity contribution < 1.29 is 27.8 Å². The molecule has 0 unspecified atom stereocenters. The number of carbonyl (C=O) groups excluding carboxylic acids is 1. The molecule has 248 valence electrons. The van der Waals surface area contributed by atoms with E-state index < -0.39 is 30.1 Å². The number of benzene rings is 2. The van der Waals surface area contributed by atoms with Crippen molar-refractivity contribution in [2.45, 2.75) is 56.0 Å². The number of hydrogen-bond donors (Lipinski definition) is 2. The third kappa shape index (κ3) is 5.56. The van der Waals surface area contributed by atoms with E-state index in [0.717, 1.165) is 44.8 Å². The standard InChI is InChI=1S/C36H35F3N6O3/c1-3-22-9-5-10-23-17-24(46)18-25(29(22)23)31-30(37)32-26(19-40-31)33(44-14-8-13-36(38,39)27(20-44)41-28(47)4-2)43-34(42-32)48-21-35-11-6-15-45(35)16-7-12-35/h1,4-5,9-10,17-19,27,46H,2,6-8,11-16,20-21H2,(H,41,47)/t27-/m0/s1. The molecular weight excluding hydrogens is 621 g/mol. The molecule has 2 aromatic carbocycles. The van der Waals surface area contributed by atoms with Gasteiger partial charge in [-0.3, -0.25) is 14.7 Å². The predicted octanol–water partition coefficient (Wildman–Crippen LogP) is 5.58. The molecule has 0 saturated carbocycles. The number of hydrogen-bond acceptors (Lipinski definition) is 8. The number of anilines is 1. The summed E-state index contributed by atoms with van der Waals surface area (Å²) in [6, 6.07) is 6.53. The Morgan fingerprint density at radius 3 is 2.69 bits per heavy atom. The summed E-state index contributed by atoms with van der Waals surface area (Å²) in [4.78, 5) is 29.9. The average molecular weight is 657 g/mol. The summed E-state index contributed by atoms with van der Waals surface area (Å²) in [5.74, 6) is -2.04. The fourth-order valence-corrected chi connectivity index (χ4v) is 7.59. The molecule has 1 atom stereocenters. The van der Waals surface area contributed by atoms with Gasteiger partial charge in [0, 0.05) is 42.2 Å². The number of nitrogens with zero attached hydrogens (tertiary/aromatic N) is 5. The molecule has 0 bridgehead atoms. The fraction of sp³-hybridized carbons (Fsp3) is 0.389. The van der Waals surface area contributed by atoms with Crippen LogP contribution in [0.2, 0.25) is 0 Å². The van der Waals surface area contributed by atoms with Crippen molar-refractivity contribution in [2.75, 3.05) is 37.7 Å². The topological polar surface area (TPSA) is 104 Å². The quantitative estimate of drug-likeness (QED) is 0.196. The normalized spacial score (nSPS) is 20.3. The Labute approximate surface area is 275 Å². The Hall–Kier alpha value is -4.89. The summed E-state index contributed by atoms with van der Waals surface area (Å²) in [6.07, 6.45) is 11.8. The molecule has 3 aliphatic rings. The molecule has 7 rings (SSSR count). The van der Waals surface area contributed by atoms with Gasteiger partial charge in [-0.25, -0.2) is 13.2 Å². The number of amides is 1. The molecule has 0 spiro atoms. The number of nitrogens with one attached hydrogen (secondary N) is 1. The molecule has 48 heavy (non-hydrogen) atoms. The Morgan fingerprint density at radius 2 is 1.94 bits per heavy atom. The van der Waals surface area contributed by atoms with Crippen LogP contribution in [-0.2, 0) is 4.79 Å². The van der Waals surface area contributed by atoms with E-state index in [0.29, 0.717) is 22.9 Å². The van der Waals surface area contributed by atoms with Crippen LogP contribution in [0, 0.1) is 18.2 Å². The number of terminal acetylenes is 1. The van der Waals surface area contributed by atoms with Crippen LogP contribution in [0.4, 0.5) is 19.0 Å². The summed E-state index contributed by atoms with van der Waals surface area (Å²) < 4.78 is 53.6. The monoisotopic (exact) mass is 656 g/mol. The highest BCUT2D eigenvalue weighted by molar-refractivity contribution is 6.02. The predicted molar refractivity (Wildman–Crippen MR) is 177 cm³/mol. The molecule has 3 aliphatic heterocycles. The first-order valence-corrected chi connectivity index (χ1v) is 16.1. The molecule has 9 nitrogen and oxygen atoms in total. The van der Waals surface area contributed by atoms with Crippen LogP contribution in [0.15, 0.2) is 49.2 Å². The minimum atomic E-state index is -3.20. The van der Waals surface area contributed by atoms with Crippen molar-refractivity contribution in [3.63, 3.8) is 0 Å². The largest absolute Gasteiger partial charge is 0.508 e. The van der Waals surface area contributed by atoms with Gasteiger partial charge in [-0.15, -0.1) is 6.42 Å². The van der Waals surface area contributed by atoms with Gasteiger partial charge in [0.2, 0.25) is 5.91 Å². The fourth-order valence-electron chi connectivity index (χ4n) is 7.59. The van der Waals surface area contributed by atoms with Gasteiger partial charge in [-0.1, -0.05) is 24.6 Å². The molecule has 2 aromatic heterocycles. The first-order chi connectivity index (χ1) is 23.1. The summed E-state index contributed by atoms with van der Waals surface area (Å²) in [6.45, 7) is 5.51. The van der Waals surface area contributed by atoms with Crippen molar-refractivity contribution in [3.05, 3.63) is 60.6 Å². The zero-order chi connectivity index (χ0) is 33.6. The maximum absolute atomic E-state index is 16.9. The van der Waals surface area contributed by atoms with E-state index in [-0.39, 0.29) is 64.8 Å². The number of phenols is 1. The van der Waals surface area contributed by atoms with Crippen LogP contribution in [0.3, 0.4) is 0 Å². The lowest BCUT2D eigenvalue weighted by Gasteiger charge is -2.32. The number of ether oxygens (including phenoxy) is 1. The number of fused-ring (bicyclic) bond motifs is 3. The van der Waals surface area contributed by atoms with Gasteiger partial charge in [0.25, 0.3) is 5.92 Å². The SMILES string of the molecule is C#Cc1cccc2cc(O)cc(-c3ncc4c(N5CCCC(F)(F)[C@@H](NC(=O)C=C)C5)nc(OCC56CCCN5CCC6)nc4c3F)c12. The summed E-state index contributed by atoms with van der Waals surface area (Å²) >= 11 is 0. The zero-order valence-corrected chi connectivity index (χ0v) is 26.3. The molecule has 4 aromatic rings. The van der Waals surface area contributed by atoms with Crippen LogP contribution in [0.1, 0.15) is 44.1 Å². The van der Waals surface area contributed by atoms with Crippen molar-refractivity contribution in [1.29, 1.82) is 0 Å². The van der Waals surface area contributed by atoms with E-state index in [9.17, 15) is 9.90 Å². The second-order valence-corrected chi connectivity index (χ2v) is 12.8. The molecule has 12 heteroatoms. The van der Waals surface area contributed by atoms with Crippen LogP contribution < -0.4 is 15.0 Å². The summed E-state index contributed by atoms with van der Waals surface area (Å²) in [5.41, 5.74) is 0.387. The smallest absolute Gasteiger partial charge is 0.319 e. The number of aromatic nitrogens is 3. The average Bonchev–Trinajstić information content (AvgIpc) is 3.62. The van der Waals surface area contributed by atoms with E-state index in [2.05, 4.69) is 37.7 Å². The highest BCUT2D eigenvalue weighted by Crippen LogP contribution is 2.41. The molecule has 3 fully saturated rings. The molecule has 0 radical (unpaired) electrons. The maximum Gasteiger partial charge on any atom is 0.319 e. The van der Waals surface area contributed by atoms with Gasteiger partial charge in [0.05, 0.1) is 10.9 Å². The lowest BCUT2D eigenvalue weighted by Crippen LogP contribution is -2.52. The number of aromatic hydroxyl groups is 1. The van der Waals surface area contributed by atoms with Crippen molar-refractivity contribution in [2.24, 2.45) is 0 Å². The highest BCUT2D eigenvalue weighted by Gasteiger charge is 2.46. The lowest BCUT2D eigenvalue weighted by molar-refractivity contribution is -0.121. The number of rotatable bonds is 7. The lowest BCUT2D eigenvalue weighted by atomic mass is 9.95. The molecule has 5 heterocycles. The zero-order valence-electron chi connectivity index (χ0n) is 26.3. The van der Waals surface area contributed by atoms with Crippen molar-refractivity contribution in [3.8, 4) is 35.4 Å². The third-order valence-electron chi connectivity index (χ3n) is 9.95. The minimum absolute atomic E-state index is 0.0885. The summed E-state index contributed by atoms with van der Waals surface area (Å²) in [7, 11) is 0. The first kappa shape index (κ1) is 31.7. The van der Waals surface area contributed by atoms with Gasteiger partial charge < -0.3 is 20.1 Å². The van der Waals surface area contributed by atoms with E-state index in [4.69, 9.17) is 11.2 Å². The maximum atomic E-state index is 16.9. The second-order valence-electron chi connectivity index (χ2n) is 12.8. The first-order valence-electron chi connectivity index (χ1n) is 16.1. The molecule has 2 N–H and O–H groups in total. The van der Waals surface area contributed by atoms with Crippen molar-refractivity contribution in [1.82, 2.24) is 25.2 Å². The Balaban J connectivity index is 1.37. The van der Waals surface area contributed by atoms with Crippen LogP contribution in [-0.4, -0.2) is 81.2 Å². The van der Waals surface area contributed by atoms with E-state index in [1.165, 1.54) is 18.3 Å². The summed E-state index contributed by atoms with van der Waals surface area (Å²) in [5, 5.41) is 14.3. The number of phenolic OH excluding ortho intramolecular Hbond substituents is 1. The van der Waals surface area contributed by atoms with E-state index in [1.54, 1.807) is 23.1 Å². The number of carbonyl (C=O) groups is 1. The van der Waals surface area contributed by atoms with Gasteiger partial charge in [0.1, 0.15) is 35.4 Å². The van der Waals surface area contributed by atoms with Gasteiger partial charge >= 0.3 is 6.01 Å². The molecule has 3 saturated heterocycles. The Bertz CT molecular complexity index is 1970. The number of halogens is 3. The third-order valence-corrected chi connectivity index (χ3v) is 9.95. The second kappa shape index (κ2) is 12.3. The van der Waals surface area contributed by atoms with Crippen LogP contribution in [0.5, 0.6) is 11.8 Å². The Kier molecular flexibility index (Phi) is 8.11. The molecular formula is C36H35F3N6O3. The number of alkyl halides is 2. The van der Waals surface area contributed by atoms with Gasteiger partial charge in [-0.05, 0) is 74.9 Å². The Morgan fingerprint density at radius 1 is 1.17 bits per heavy atom. The van der Waals surface area contributed by atoms with Gasteiger partial charge in [0.15, 0.2) is 5.82 Å². The highest BCUT2D eigenvalue weighted by atomic mass is 19.3. The van der Waals surface area contributed by atoms with Crippen LogP contribution >= 0.6 is 0 Å². The molecule has 1 amide bonds.